The van der Waals surface area contributed by atoms with Crippen molar-refractivity contribution in [3.8, 4) is 0 Å². The lowest BCUT2D eigenvalue weighted by Crippen LogP contribution is -2.45. The largest absolute Gasteiger partial charge is 0.443 e. The first-order chi connectivity index (χ1) is 6.79. The average molecular weight is 213 g/mol. The Balaban J connectivity index is 2.61. The number of hydrogen-bond donors (Lipinski definition) is 0. The van der Waals surface area contributed by atoms with Gasteiger partial charge < -0.3 is 4.74 Å². The van der Waals surface area contributed by atoms with Gasteiger partial charge in [0, 0.05) is 13.0 Å². The quantitative estimate of drug-likeness (QED) is 0.619. The Morgan fingerprint density at radius 3 is 2.60 bits per heavy atom. The van der Waals surface area contributed by atoms with Gasteiger partial charge in [0.05, 0.1) is 0 Å². The minimum atomic E-state index is -0.544. The van der Waals surface area contributed by atoms with Gasteiger partial charge in [-0.25, -0.2) is 9.69 Å². The Bertz CT molecular complexity index is 267. The molecule has 0 spiro atoms. The van der Waals surface area contributed by atoms with Gasteiger partial charge in [0.25, 0.3) is 0 Å². The number of rotatable bonds is 0. The zero-order valence-corrected chi connectivity index (χ0v) is 9.87. The normalized spacial score (nSPS) is 22.8. The van der Waals surface area contributed by atoms with Crippen LogP contribution in [-0.2, 0) is 9.53 Å². The number of ether oxygens (including phenoxy) is 1. The molecule has 0 N–H and O–H groups in total. The SMILES string of the molecule is CC1CCC(=O)N(C(=O)OC(C)(C)C)C1. The summed E-state index contributed by atoms with van der Waals surface area (Å²) in [6.45, 7) is 7.89. The summed E-state index contributed by atoms with van der Waals surface area (Å²) < 4.78 is 5.16. The first-order valence-corrected chi connectivity index (χ1v) is 5.33. The van der Waals surface area contributed by atoms with Crippen LogP contribution in [0.15, 0.2) is 0 Å². The van der Waals surface area contributed by atoms with Gasteiger partial charge in [0.2, 0.25) is 5.91 Å². The van der Waals surface area contributed by atoms with E-state index in [1.54, 1.807) is 20.8 Å². The molecule has 15 heavy (non-hydrogen) atoms. The highest BCUT2D eigenvalue weighted by Gasteiger charge is 2.31. The summed E-state index contributed by atoms with van der Waals surface area (Å²) in [5.74, 6) is 0.248. The van der Waals surface area contributed by atoms with Crippen LogP contribution >= 0.6 is 0 Å². The lowest BCUT2D eigenvalue weighted by Gasteiger charge is -2.31. The molecule has 0 aliphatic carbocycles. The number of hydrogen-bond acceptors (Lipinski definition) is 3. The number of amides is 2. The predicted octanol–water partition coefficient (Wildman–Crippen LogP) is 2.18. The summed E-state index contributed by atoms with van der Waals surface area (Å²) in [7, 11) is 0. The maximum Gasteiger partial charge on any atom is 0.417 e. The molecule has 1 atom stereocenters. The second-order valence-corrected chi connectivity index (χ2v) is 5.13. The molecular formula is C11H19NO3. The Hall–Kier alpha value is -1.06. The van der Waals surface area contributed by atoms with Crippen molar-refractivity contribution in [1.82, 2.24) is 4.90 Å². The minimum absolute atomic E-state index is 0.123. The van der Waals surface area contributed by atoms with Gasteiger partial charge in [-0.05, 0) is 33.1 Å². The molecule has 86 valence electrons. The van der Waals surface area contributed by atoms with Gasteiger partial charge in [0.1, 0.15) is 5.60 Å². The third kappa shape index (κ3) is 3.53. The van der Waals surface area contributed by atoms with Crippen LogP contribution in [0.3, 0.4) is 0 Å². The van der Waals surface area contributed by atoms with Crippen LogP contribution in [0.4, 0.5) is 4.79 Å². The highest BCUT2D eigenvalue weighted by Crippen LogP contribution is 2.19. The van der Waals surface area contributed by atoms with Crippen LogP contribution < -0.4 is 0 Å². The van der Waals surface area contributed by atoms with Crippen molar-refractivity contribution in [2.45, 2.75) is 46.1 Å². The van der Waals surface area contributed by atoms with Crippen molar-refractivity contribution < 1.29 is 14.3 Å². The lowest BCUT2D eigenvalue weighted by molar-refractivity contribution is -0.133. The molecule has 0 radical (unpaired) electrons. The topological polar surface area (TPSA) is 46.6 Å². The fraction of sp³-hybridized carbons (Fsp3) is 0.818. The molecule has 4 nitrogen and oxygen atoms in total. The van der Waals surface area contributed by atoms with Crippen LogP contribution in [0.1, 0.15) is 40.5 Å². The van der Waals surface area contributed by atoms with Crippen molar-refractivity contribution in [2.75, 3.05) is 6.54 Å². The Labute approximate surface area is 90.6 Å². The molecule has 1 unspecified atom stereocenters. The van der Waals surface area contributed by atoms with E-state index in [1.807, 2.05) is 6.92 Å². The van der Waals surface area contributed by atoms with Crippen molar-refractivity contribution >= 4 is 12.0 Å². The molecule has 0 aromatic carbocycles. The van der Waals surface area contributed by atoms with Crippen molar-refractivity contribution in [1.29, 1.82) is 0 Å². The summed E-state index contributed by atoms with van der Waals surface area (Å²) in [6.07, 6.45) is 0.789. The van der Waals surface area contributed by atoms with E-state index < -0.39 is 11.7 Å². The fourth-order valence-electron chi connectivity index (χ4n) is 1.50. The maximum atomic E-state index is 11.7. The van der Waals surface area contributed by atoms with Gasteiger partial charge in [0.15, 0.2) is 0 Å². The molecule has 4 heteroatoms. The number of piperidine rings is 1. The summed E-state index contributed by atoms with van der Waals surface area (Å²) in [5.41, 5.74) is -0.544. The second-order valence-electron chi connectivity index (χ2n) is 5.13. The Morgan fingerprint density at radius 2 is 2.07 bits per heavy atom. The number of carbonyl (C=O) groups is 2. The van der Waals surface area contributed by atoms with Gasteiger partial charge >= 0.3 is 6.09 Å². The van der Waals surface area contributed by atoms with E-state index in [9.17, 15) is 9.59 Å². The zero-order chi connectivity index (χ0) is 11.6. The first kappa shape index (κ1) is 12.0. The van der Waals surface area contributed by atoms with Crippen LogP contribution in [0.5, 0.6) is 0 Å². The highest BCUT2D eigenvalue weighted by atomic mass is 16.6. The van der Waals surface area contributed by atoms with E-state index in [1.165, 1.54) is 4.90 Å². The second kappa shape index (κ2) is 4.21. The van der Waals surface area contributed by atoms with Gasteiger partial charge in [-0.2, -0.15) is 0 Å². The molecule has 0 saturated carbocycles. The molecule has 1 fully saturated rings. The number of imide groups is 1. The van der Waals surface area contributed by atoms with Crippen molar-refractivity contribution in [2.24, 2.45) is 5.92 Å². The molecule has 0 bridgehead atoms. The van der Waals surface area contributed by atoms with E-state index in [-0.39, 0.29) is 5.91 Å². The third-order valence-electron chi connectivity index (χ3n) is 2.26. The Morgan fingerprint density at radius 1 is 1.47 bits per heavy atom. The summed E-state index contributed by atoms with van der Waals surface area (Å²) in [6, 6.07) is 0. The van der Waals surface area contributed by atoms with Crippen LogP contribution in [-0.4, -0.2) is 29.0 Å². The molecular weight excluding hydrogens is 194 g/mol. The molecule has 0 aromatic rings. The van der Waals surface area contributed by atoms with E-state index in [4.69, 9.17) is 4.74 Å². The summed E-state index contributed by atoms with van der Waals surface area (Å²) in [4.78, 5) is 24.4. The van der Waals surface area contributed by atoms with Gasteiger partial charge in [-0.1, -0.05) is 6.92 Å². The van der Waals surface area contributed by atoms with Crippen molar-refractivity contribution in [3.63, 3.8) is 0 Å². The van der Waals surface area contributed by atoms with Crippen LogP contribution in [0.2, 0.25) is 0 Å². The molecule has 1 heterocycles. The van der Waals surface area contributed by atoms with E-state index in [0.29, 0.717) is 18.9 Å². The molecule has 0 aromatic heterocycles. The van der Waals surface area contributed by atoms with Gasteiger partial charge in [-0.15, -0.1) is 0 Å². The number of likely N-dealkylation sites (tertiary alicyclic amines) is 1. The van der Waals surface area contributed by atoms with Gasteiger partial charge in [-0.3, -0.25) is 4.79 Å². The van der Waals surface area contributed by atoms with E-state index in [0.717, 1.165) is 6.42 Å². The van der Waals surface area contributed by atoms with E-state index in [2.05, 4.69) is 0 Å². The lowest BCUT2D eigenvalue weighted by atomic mass is 10.0. The predicted molar refractivity (Wildman–Crippen MR) is 56.3 cm³/mol. The minimum Gasteiger partial charge on any atom is -0.443 e. The van der Waals surface area contributed by atoms with Crippen molar-refractivity contribution in [3.05, 3.63) is 0 Å². The van der Waals surface area contributed by atoms with E-state index >= 15 is 0 Å². The summed E-state index contributed by atoms with van der Waals surface area (Å²) in [5, 5.41) is 0. The van der Waals surface area contributed by atoms with Crippen LogP contribution in [0.25, 0.3) is 0 Å². The molecule has 1 rings (SSSR count). The first-order valence-electron chi connectivity index (χ1n) is 5.33. The zero-order valence-electron chi connectivity index (χ0n) is 9.87. The van der Waals surface area contributed by atoms with Crippen LogP contribution in [0, 0.1) is 5.92 Å². The number of carbonyl (C=O) groups excluding carboxylic acids is 2. The monoisotopic (exact) mass is 213 g/mol. The molecule has 2 amide bonds. The standard InChI is InChI=1S/C11H19NO3/c1-8-5-6-9(13)12(7-8)10(14)15-11(2,3)4/h8H,5-7H2,1-4H3. The maximum absolute atomic E-state index is 11.7. The molecule has 1 aliphatic heterocycles. The highest BCUT2D eigenvalue weighted by molar-refractivity contribution is 5.92. The Kier molecular flexibility index (Phi) is 3.37. The molecule has 1 saturated heterocycles. The third-order valence-corrected chi connectivity index (χ3v) is 2.26. The average Bonchev–Trinajstić information content (AvgIpc) is 2.06. The smallest absolute Gasteiger partial charge is 0.417 e. The molecule has 1 aliphatic rings. The fourth-order valence-corrected chi connectivity index (χ4v) is 1.50. The number of nitrogens with zero attached hydrogens (tertiary/aromatic N) is 1. The summed E-state index contributed by atoms with van der Waals surface area (Å²) >= 11 is 0.